The molecule has 0 spiro atoms. The molecule has 2 aromatic heterocycles. The highest BCUT2D eigenvalue weighted by molar-refractivity contribution is 5.86. The zero-order chi connectivity index (χ0) is 24.9. The third-order valence-corrected chi connectivity index (χ3v) is 6.13. The van der Waals surface area contributed by atoms with E-state index in [9.17, 15) is 9.18 Å². The highest BCUT2D eigenvalue weighted by Gasteiger charge is 2.24. The molecule has 3 aromatic rings. The molecule has 7 heteroatoms. The number of pyridine rings is 1. The van der Waals surface area contributed by atoms with Gasteiger partial charge in [0.2, 0.25) is 5.91 Å². The zero-order valence-electron chi connectivity index (χ0n) is 19.8. The van der Waals surface area contributed by atoms with Crippen LogP contribution in [-0.2, 0) is 11.2 Å². The highest BCUT2D eigenvalue weighted by Crippen LogP contribution is 2.32. The molecule has 0 radical (unpaired) electrons. The Hall–Kier alpha value is -3.97. The summed E-state index contributed by atoms with van der Waals surface area (Å²) in [5.41, 5.74) is 10.6. The van der Waals surface area contributed by atoms with Crippen LogP contribution < -0.4 is 10.5 Å². The van der Waals surface area contributed by atoms with E-state index >= 15 is 0 Å². The molecule has 0 saturated heterocycles. The van der Waals surface area contributed by atoms with Crippen LogP contribution >= 0.6 is 0 Å². The number of nitrogens with zero attached hydrogens (tertiary/aromatic N) is 2. The molecule has 0 bridgehead atoms. The number of hydrogen-bond donors (Lipinski definition) is 2. The third-order valence-electron chi connectivity index (χ3n) is 6.13. The number of amides is 1. The fourth-order valence-corrected chi connectivity index (χ4v) is 4.28. The minimum absolute atomic E-state index is 0.0982. The molecule has 1 aliphatic heterocycles. The molecule has 6 nitrogen and oxygen atoms in total. The number of nitrogens with one attached hydrogen (secondary N) is 1. The summed E-state index contributed by atoms with van der Waals surface area (Å²) in [5.74, 6) is -0.0544. The molecule has 1 aliphatic rings. The van der Waals surface area contributed by atoms with Gasteiger partial charge in [0.1, 0.15) is 11.4 Å². The van der Waals surface area contributed by atoms with Crippen LogP contribution in [0, 0.1) is 12.7 Å². The number of rotatable bonds is 8. The second-order valence-corrected chi connectivity index (χ2v) is 8.51. The number of carbonyl (C=O) groups excluding carboxylic acids is 1. The predicted molar refractivity (Wildman–Crippen MR) is 137 cm³/mol. The number of nitrogens with two attached hydrogens (primary N) is 1. The topological polar surface area (TPSA) is 84.2 Å². The first-order valence-corrected chi connectivity index (χ1v) is 11.5. The standard InChI is InChI=1S/C28H29FN4O2/c1-4-6-20(5-2)21-10-13-33(14-11-21)28(34)23(30)16-19-7-8-24(22(29)15-19)35-25-9-12-31-27-26(25)18(3)17-32-27/h4-10,12,15,17,23H,1-2,11,13-14,16,30H2,3H3,(H,31,32)/b20-6+/t23-/m0/s1. The molecule has 1 atom stereocenters. The Labute approximate surface area is 204 Å². The molecule has 0 unspecified atom stereocenters. The van der Waals surface area contributed by atoms with Gasteiger partial charge in [-0.3, -0.25) is 4.79 Å². The fourth-order valence-electron chi connectivity index (χ4n) is 4.28. The molecule has 1 amide bonds. The normalized spacial score (nSPS) is 15.0. The summed E-state index contributed by atoms with van der Waals surface area (Å²) in [6, 6.07) is 5.61. The van der Waals surface area contributed by atoms with Crippen molar-refractivity contribution in [3.8, 4) is 11.5 Å². The van der Waals surface area contributed by atoms with Crippen LogP contribution in [0.25, 0.3) is 11.0 Å². The van der Waals surface area contributed by atoms with Crippen LogP contribution in [-0.4, -0.2) is 39.9 Å². The second kappa shape index (κ2) is 10.5. The SMILES string of the molecule is C=C/C=C(\C=C)C1=CCN(C(=O)[C@@H](N)Cc2ccc(Oc3ccnc4[nH]cc(C)c34)c(F)c2)CC1. The van der Waals surface area contributed by atoms with Gasteiger partial charge in [0, 0.05) is 25.5 Å². The molecule has 3 heterocycles. The minimum atomic E-state index is -0.763. The van der Waals surface area contributed by atoms with Crippen LogP contribution in [0.4, 0.5) is 4.39 Å². The maximum Gasteiger partial charge on any atom is 0.240 e. The lowest BCUT2D eigenvalue weighted by molar-refractivity contribution is -0.132. The summed E-state index contributed by atoms with van der Waals surface area (Å²) in [6.07, 6.45) is 11.8. The van der Waals surface area contributed by atoms with Gasteiger partial charge in [0.25, 0.3) is 0 Å². The number of fused-ring (bicyclic) bond motifs is 1. The number of halogens is 1. The van der Waals surface area contributed by atoms with E-state index in [1.165, 1.54) is 6.07 Å². The van der Waals surface area contributed by atoms with Crippen molar-refractivity contribution >= 4 is 16.9 Å². The van der Waals surface area contributed by atoms with E-state index in [1.54, 1.807) is 41.4 Å². The molecule has 0 fully saturated rings. The van der Waals surface area contributed by atoms with E-state index < -0.39 is 11.9 Å². The van der Waals surface area contributed by atoms with Crippen molar-refractivity contribution in [2.75, 3.05) is 13.1 Å². The third kappa shape index (κ3) is 5.25. The number of H-pyrrole nitrogens is 1. The van der Waals surface area contributed by atoms with Crippen LogP contribution in [0.3, 0.4) is 0 Å². The van der Waals surface area contributed by atoms with Crippen molar-refractivity contribution in [3.63, 3.8) is 0 Å². The Morgan fingerprint density at radius 2 is 2.17 bits per heavy atom. The van der Waals surface area contributed by atoms with Crippen molar-refractivity contribution in [1.82, 2.24) is 14.9 Å². The molecular formula is C28H29FN4O2. The number of allylic oxidation sites excluding steroid dienone is 4. The maximum atomic E-state index is 14.9. The van der Waals surface area contributed by atoms with Crippen LogP contribution in [0.1, 0.15) is 17.5 Å². The fraction of sp³-hybridized carbons (Fsp3) is 0.214. The molecule has 35 heavy (non-hydrogen) atoms. The van der Waals surface area contributed by atoms with Gasteiger partial charge < -0.3 is 20.4 Å². The van der Waals surface area contributed by atoms with Crippen LogP contribution in [0.5, 0.6) is 11.5 Å². The first-order chi connectivity index (χ1) is 16.9. The quantitative estimate of drug-likeness (QED) is 0.445. The van der Waals surface area contributed by atoms with Gasteiger partial charge >= 0.3 is 0 Å². The van der Waals surface area contributed by atoms with Crippen molar-refractivity contribution in [2.45, 2.75) is 25.8 Å². The van der Waals surface area contributed by atoms with Gasteiger partial charge in [0.15, 0.2) is 11.6 Å². The summed E-state index contributed by atoms with van der Waals surface area (Å²) in [6.45, 7) is 10.5. The summed E-state index contributed by atoms with van der Waals surface area (Å²) < 4.78 is 20.7. The predicted octanol–water partition coefficient (Wildman–Crippen LogP) is 5.13. The summed E-state index contributed by atoms with van der Waals surface area (Å²) in [7, 11) is 0. The van der Waals surface area contributed by atoms with E-state index in [0.717, 1.165) is 22.1 Å². The van der Waals surface area contributed by atoms with Gasteiger partial charge in [-0.2, -0.15) is 0 Å². The van der Waals surface area contributed by atoms with E-state index in [-0.39, 0.29) is 18.1 Å². The summed E-state index contributed by atoms with van der Waals surface area (Å²) in [5, 5.41) is 0.808. The average molecular weight is 473 g/mol. The minimum Gasteiger partial charge on any atom is -0.453 e. The molecular weight excluding hydrogens is 443 g/mol. The van der Waals surface area contributed by atoms with Crippen LogP contribution in [0.15, 0.2) is 85.3 Å². The smallest absolute Gasteiger partial charge is 0.240 e. The van der Waals surface area contributed by atoms with Gasteiger partial charge in [-0.25, -0.2) is 9.37 Å². The Morgan fingerprint density at radius 3 is 2.86 bits per heavy atom. The van der Waals surface area contributed by atoms with E-state index in [0.29, 0.717) is 36.5 Å². The Morgan fingerprint density at radius 1 is 1.34 bits per heavy atom. The lowest BCUT2D eigenvalue weighted by Crippen LogP contribution is -2.46. The summed E-state index contributed by atoms with van der Waals surface area (Å²) in [4.78, 5) is 21.9. The highest BCUT2D eigenvalue weighted by atomic mass is 19.1. The largest absolute Gasteiger partial charge is 0.453 e. The number of hydrogen-bond acceptors (Lipinski definition) is 4. The van der Waals surface area contributed by atoms with E-state index in [1.807, 2.05) is 25.3 Å². The van der Waals surface area contributed by atoms with Crippen molar-refractivity contribution in [1.29, 1.82) is 0 Å². The Balaban J connectivity index is 1.41. The van der Waals surface area contributed by atoms with Crippen molar-refractivity contribution in [2.24, 2.45) is 5.73 Å². The maximum absolute atomic E-state index is 14.9. The van der Waals surface area contributed by atoms with Gasteiger partial charge in [-0.15, -0.1) is 0 Å². The molecule has 4 rings (SSSR count). The monoisotopic (exact) mass is 472 g/mol. The molecule has 1 aromatic carbocycles. The molecule has 180 valence electrons. The van der Waals surface area contributed by atoms with Gasteiger partial charge in [0.05, 0.1) is 11.4 Å². The number of benzene rings is 1. The van der Waals surface area contributed by atoms with E-state index in [2.05, 4.69) is 23.1 Å². The first kappa shape index (κ1) is 24.2. The van der Waals surface area contributed by atoms with Crippen molar-refractivity contribution in [3.05, 3.63) is 102 Å². The second-order valence-electron chi connectivity index (χ2n) is 8.51. The number of aromatic amines is 1. The number of aromatic nitrogens is 2. The summed E-state index contributed by atoms with van der Waals surface area (Å²) >= 11 is 0. The number of carbonyl (C=O) groups is 1. The number of aryl methyl sites for hydroxylation is 1. The average Bonchev–Trinajstić information content (AvgIpc) is 3.25. The molecule has 3 N–H and O–H groups in total. The lowest BCUT2D eigenvalue weighted by atomic mass is 9.98. The first-order valence-electron chi connectivity index (χ1n) is 11.5. The van der Waals surface area contributed by atoms with Crippen molar-refractivity contribution < 1.29 is 13.9 Å². The van der Waals surface area contributed by atoms with E-state index in [4.69, 9.17) is 10.5 Å². The van der Waals surface area contributed by atoms with Gasteiger partial charge in [-0.05, 0) is 60.2 Å². The Kier molecular flexibility index (Phi) is 7.27. The van der Waals surface area contributed by atoms with Crippen LogP contribution in [0.2, 0.25) is 0 Å². The lowest BCUT2D eigenvalue weighted by Gasteiger charge is -2.29. The Bertz CT molecular complexity index is 1340. The van der Waals surface area contributed by atoms with Gasteiger partial charge in [-0.1, -0.05) is 43.5 Å². The zero-order valence-corrected chi connectivity index (χ0v) is 19.8. The number of ether oxygens (including phenoxy) is 1. The molecule has 0 aliphatic carbocycles. The molecule has 0 saturated carbocycles.